The summed E-state index contributed by atoms with van der Waals surface area (Å²) < 4.78 is 5.40. The summed E-state index contributed by atoms with van der Waals surface area (Å²) in [6, 6.07) is 5.75. The van der Waals surface area contributed by atoms with Crippen LogP contribution in [0.1, 0.15) is 42.6 Å². The van der Waals surface area contributed by atoms with Gasteiger partial charge in [0.05, 0.1) is 12.7 Å². The molecular weight excluding hydrogens is 280 g/mol. The summed E-state index contributed by atoms with van der Waals surface area (Å²) in [5.41, 5.74) is 1.73. The van der Waals surface area contributed by atoms with Crippen LogP contribution in [0, 0.1) is 0 Å². The highest BCUT2D eigenvalue weighted by Crippen LogP contribution is 2.26. The number of rotatable bonds is 3. The van der Waals surface area contributed by atoms with E-state index < -0.39 is 0 Å². The fourth-order valence-corrected chi connectivity index (χ4v) is 2.64. The maximum atomic E-state index is 12.7. The molecule has 0 aliphatic carbocycles. The Morgan fingerprint density at radius 3 is 2.18 bits per heavy atom. The second-order valence-corrected chi connectivity index (χ2v) is 5.91. The zero-order chi connectivity index (χ0) is 16.3. The SMILES string of the molecule is COc1cc(C(C)C)ccc1C(=O)N1CCN(C(C)=O)CC1. The topological polar surface area (TPSA) is 49.9 Å². The van der Waals surface area contributed by atoms with Crippen molar-refractivity contribution >= 4 is 11.8 Å². The van der Waals surface area contributed by atoms with Gasteiger partial charge in [-0.3, -0.25) is 9.59 Å². The predicted octanol–water partition coefficient (Wildman–Crippen LogP) is 2.12. The number of hydrogen-bond acceptors (Lipinski definition) is 3. The lowest BCUT2D eigenvalue weighted by atomic mass is 10.0. The van der Waals surface area contributed by atoms with Crippen molar-refractivity contribution < 1.29 is 14.3 Å². The highest BCUT2D eigenvalue weighted by Gasteiger charge is 2.25. The van der Waals surface area contributed by atoms with Crippen LogP contribution in [0.5, 0.6) is 5.75 Å². The number of nitrogens with zero attached hydrogens (tertiary/aromatic N) is 2. The Labute approximate surface area is 131 Å². The molecule has 0 N–H and O–H groups in total. The third-order valence-corrected chi connectivity index (χ3v) is 4.13. The number of carbonyl (C=O) groups excluding carboxylic acids is 2. The summed E-state index contributed by atoms with van der Waals surface area (Å²) in [6.07, 6.45) is 0. The average Bonchev–Trinajstić information content (AvgIpc) is 2.53. The van der Waals surface area contributed by atoms with E-state index >= 15 is 0 Å². The van der Waals surface area contributed by atoms with Crippen LogP contribution in [-0.4, -0.2) is 54.9 Å². The maximum Gasteiger partial charge on any atom is 0.257 e. The number of hydrogen-bond donors (Lipinski definition) is 0. The van der Waals surface area contributed by atoms with Gasteiger partial charge in [-0.1, -0.05) is 19.9 Å². The number of carbonyl (C=O) groups is 2. The molecular formula is C17H24N2O3. The minimum absolute atomic E-state index is 0.0321. The summed E-state index contributed by atoms with van der Waals surface area (Å²) >= 11 is 0. The van der Waals surface area contributed by atoms with Crippen LogP contribution in [0.15, 0.2) is 18.2 Å². The van der Waals surface area contributed by atoms with Gasteiger partial charge in [0.15, 0.2) is 0 Å². The highest BCUT2D eigenvalue weighted by atomic mass is 16.5. The van der Waals surface area contributed by atoms with Gasteiger partial charge in [-0.25, -0.2) is 0 Å². The molecule has 1 aromatic rings. The number of amides is 2. The smallest absolute Gasteiger partial charge is 0.257 e. The first-order chi connectivity index (χ1) is 10.4. The Hall–Kier alpha value is -2.04. The molecule has 1 fully saturated rings. The first-order valence-electron chi connectivity index (χ1n) is 7.66. The van der Waals surface area contributed by atoms with Gasteiger partial charge in [0, 0.05) is 33.1 Å². The minimum Gasteiger partial charge on any atom is -0.496 e. The standard InChI is InChI=1S/C17H24N2O3/c1-12(2)14-5-6-15(16(11-14)22-4)17(21)19-9-7-18(8-10-19)13(3)20/h5-6,11-12H,7-10H2,1-4H3. The Morgan fingerprint density at radius 2 is 1.68 bits per heavy atom. The van der Waals surface area contributed by atoms with E-state index in [1.165, 1.54) is 0 Å². The van der Waals surface area contributed by atoms with Gasteiger partial charge in [0.2, 0.25) is 5.91 Å². The van der Waals surface area contributed by atoms with E-state index in [0.717, 1.165) is 5.56 Å². The largest absolute Gasteiger partial charge is 0.496 e. The van der Waals surface area contributed by atoms with Gasteiger partial charge in [0.25, 0.3) is 5.91 Å². The molecule has 1 saturated heterocycles. The van der Waals surface area contributed by atoms with E-state index in [4.69, 9.17) is 4.74 Å². The van der Waals surface area contributed by atoms with Crippen molar-refractivity contribution in [3.63, 3.8) is 0 Å². The maximum absolute atomic E-state index is 12.7. The first kappa shape index (κ1) is 16.3. The summed E-state index contributed by atoms with van der Waals surface area (Å²) in [5, 5.41) is 0. The zero-order valence-corrected chi connectivity index (χ0v) is 13.8. The van der Waals surface area contributed by atoms with E-state index in [1.54, 1.807) is 23.8 Å². The molecule has 1 heterocycles. The minimum atomic E-state index is -0.0321. The van der Waals surface area contributed by atoms with Crippen molar-refractivity contribution in [3.8, 4) is 5.75 Å². The molecule has 0 aromatic heterocycles. The third-order valence-electron chi connectivity index (χ3n) is 4.13. The second-order valence-electron chi connectivity index (χ2n) is 5.91. The summed E-state index contributed by atoms with van der Waals surface area (Å²) in [7, 11) is 1.59. The quantitative estimate of drug-likeness (QED) is 0.859. The van der Waals surface area contributed by atoms with E-state index in [-0.39, 0.29) is 11.8 Å². The number of methoxy groups -OCH3 is 1. The van der Waals surface area contributed by atoms with Gasteiger partial charge in [0.1, 0.15) is 5.75 Å². The number of ether oxygens (including phenoxy) is 1. The van der Waals surface area contributed by atoms with Crippen molar-refractivity contribution in [3.05, 3.63) is 29.3 Å². The normalized spacial score (nSPS) is 15.1. The van der Waals surface area contributed by atoms with Crippen molar-refractivity contribution in [2.45, 2.75) is 26.7 Å². The van der Waals surface area contributed by atoms with E-state index in [9.17, 15) is 9.59 Å². The average molecular weight is 304 g/mol. The molecule has 0 unspecified atom stereocenters. The Balaban J connectivity index is 2.14. The van der Waals surface area contributed by atoms with Crippen LogP contribution in [0.4, 0.5) is 0 Å². The van der Waals surface area contributed by atoms with Crippen LogP contribution in [-0.2, 0) is 4.79 Å². The Bertz CT molecular complexity index is 561. The van der Waals surface area contributed by atoms with E-state index in [2.05, 4.69) is 13.8 Å². The van der Waals surface area contributed by atoms with Crippen LogP contribution < -0.4 is 4.74 Å². The van der Waals surface area contributed by atoms with Crippen LogP contribution in [0.25, 0.3) is 0 Å². The number of benzene rings is 1. The molecule has 2 rings (SSSR count). The Morgan fingerprint density at radius 1 is 1.09 bits per heavy atom. The molecule has 120 valence electrons. The molecule has 5 nitrogen and oxygen atoms in total. The molecule has 1 aliphatic rings. The van der Waals surface area contributed by atoms with Gasteiger partial charge in [-0.15, -0.1) is 0 Å². The van der Waals surface area contributed by atoms with Crippen molar-refractivity contribution in [2.24, 2.45) is 0 Å². The molecule has 0 radical (unpaired) electrons. The lowest BCUT2D eigenvalue weighted by Crippen LogP contribution is -2.50. The first-order valence-corrected chi connectivity index (χ1v) is 7.66. The molecule has 5 heteroatoms. The lowest BCUT2D eigenvalue weighted by molar-refractivity contribution is -0.130. The highest BCUT2D eigenvalue weighted by molar-refractivity contribution is 5.97. The molecule has 0 atom stereocenters. The lowest BCUT2D eigenvalue weighted by Gasteiger charge is -2.34. The van der Waals surface area contributed by atoms with Gasteiger partial charge in [-0.2, -0.15) is 0 Å². The Kier molecular flexibility index (Phi) is 5.06. The molecule has 0 bridgehead atoms. The van der Waals surface area contributed by atoms with Crippen molar-refractivity contribution in [2.75, 3.05) is 33.3 Å². The summed E-state index contributed by atoms with van der Waals surface area (Å²) in [5.74, 6) is 1.03. The molecule has 2 amide bonds. The van der Waals surface area contributed by atoms with Gasteiger partial charge in [-0.05, 0) is 23.6 Å². The van der Waals surface area contributed by atoms with Crippen LogP contribution in [0.3, 0.4) is 0 Å². The molecule has 0 spiro atoms. The second kappa shape index (κ2) is 6.81. The van der Waals surface area contributed by atoms with Crippen LogP contribution >= 0.6 is 0 Å². The van der Waals surface area contributed by atoms with E-state index in [0.29, 0.717) is 43.4 Å². The summed E-state index contributed by atoms with van der Waals surface area (Å²) in [6.45, 7) is 8.08. The van der Waals surface area contributed by atoms with Crippen molar-refractivity contribution in [1.29, 1.82) is 0 Å². The van der Waals surface area contributed by atoms with E-state index in [1.807, 2.05) is 18.2 Å². The summed E-state index contributed by atoms with van der Waals surface area (Å²) in [4.78, 5) is 27.6. The number of piperazine rings is 1. The fraction of sp³-hybridized carbons (Fsp3) is 0.529. The van der Waals surface area contributed by atoms with Gasteiger partial charge < -0.3 is 14.5 Å². The van der Waals surface area contributed by atoms with Gasteiger partial charge >= 0.3 is 0 Å². The predicted molar refractivity (Wildman–Crippen MR) is 85.2 cm³/mol. The van der Waals surface area contributed by atoms with Crippen molar-refractivity contribution in [1.82, 2.24) is 9.80 Å². The third kappa shape index (κ3) is 3.40. The monoisotopic (exact) mass is 304 g/mol. The molecule has 22 heavy (non-hydrogen) atoms. The molecule has 1 aliphatic heterocycles. The fourth-order valence-electron chi connectivity index (χ4n) is 2.64. The molecule has 1 aromatic carbocycles. The van der Waals surface area contributed by atoms with Crippen LogP contribution in [0.2, 0.25) is 0 Å². The zero-order valence-electron chi connectivity index (χ0n) is 13.8. The molecule has 0 saturated carbocycles.